The van der Waals surface area contributed by atoms with Crippen LogP contribution in [0.1, 0.15) is 25.0 Å². The molecule has 0 saturated carbocycles. The summed E-state index contributed by atoms with van der Waals surface area (Å²) < 4.78 is 10.8. The van der Waals surface area contributed by atoms with Gasteiger partial charge in [-0.1, -0.05) is 17.7 Å². The van der Waals surface area contributed by atoms with Crippen LogP contribution in [0.3, 0.4) is 0 Å². The van der Waals surface area contributed by atoms with Gasteiger partial charge < -0.3 is 20.1 Å². The number of nitrogens with one attached hydrogen (secondary N) is 2. The minimum atomic E-state index is -0.0644. The normalized spacial score (nSPS) is 21.9. The first-order valence-electron chi connectivity index (χ1n) is 11.3. The van der Waals surface area contributed by atoms with Crippen molar-refractivity contribution in [3.8, 4) is 11.3 Å². The molecule has 0 radical (unpaired) electrons. The monoisotopic (exact) mass is 458 g/mol. The summed E-state index contributed by atoms with van der Waals surface area (Å²) in [5.41, 5.74) is 2.26. The zero-order valence-electron chi connectivity index (χ0n) is 18.5. The van der Waals surface area contributed by atoms with Crippen LogP contribution in [0.2, 0.25) is 5.02 Å². The number of rotatable bonds is 8. The Morgan fingerprint density at radius 2 is 2.16 bits per heavy atom. The molecule has 32 heavy (non-hydrogen) atoms. The summed E-state index contributed by atoms with van der Waals surface area (Å²) in [7, 11) is 1.69. The maximum Gasteiger partial charge on any atom is 0.143 e. The molecule has 2 aliphatic heterocycles. The quantitative estimate of drug-likeness (QED) is 0.627. The Labute approximate surface area is 194 Å². The van der Waals surface area contributed by atoms with Crippen LogP contribution in [0, 0.1) is 11.8 Å². The fraction of sp³-hybridized carbons (Fsp3) is 0.542. The summed E-state index contributed by atoms with van der Waals surface area (Å²) in [5, 5.41) is 7.25. The van der Waals surface area contributed by atoms with Crippen molar-refractivity contribution in [2.45, 2.75) is 31.8 Å². The Morgan fingerprint density at radius 3 is 2.97 bits per heavy atom. The molecule has 2 saturated heterocycles. The maximum atomic E-state index is 12.8. The number of anilines is 1. The Morgan fingerprint density at radius 1 is 1.31 bits per heavy atom. The summed E-state index contributed by atoms with van der Waals surface area (Å²) in [4.78, 5) is 22.0. The van der Waals surface area contributed by atoms with Crippen molar-refractivity contribution in [3.05, 3.63) is 41.2 Å². The lowest BCUT2D eigenvalue weighted by molar-refractivity contribution is -0.124. The molecule has 0 amide bonds. The number of hydrogen-bond donors (Lipinski definition) is 2. The van der Waals surface area contributed by atoms with E-state index in [4.69, 9.17) is 26.1 Å². The number of pyridine rings is 2. The van der Waals surface area contributed by atoms with E-state index in [2.05, 4.69) is 15.6 Å². The van der Waals surface area contributed by atoms with Crippen LogP contribution in [0.5, 0.6) is 0 Å². The van der Waals surface area contributed by atoms with Crippen LogP contribution in [-0.4, -0.2) is 61.8 Å². The highest BCUT2D eigenvalue weighted by atomic mass is 35.5. The van der Waals surface area contributed by atoms with Crippen molar-refractivity contribution in [2.75, 3.05) is 45.3 Å². The number of ether oxygens (including phenoxy) is 2. The van der Waals surface area contributed by atoms with Gasteiger partial charge in [-0.05, 0) is 43.4 Å². The predicted molar refractivity (Wildman–Crippen MR) is 125 cm³/mol. The molecule has 2 aliphatic rings. The first-order valence-corrected chi connectivity index (χ1v) is 11.7. The number of carbonyl (C=O) groups excluding carboxylic acids is 1. The van der Waals surface area contributed by atoms with E-state index in [1.165, 1.54) is 0 Å². The van der Waals surface area contributed by atoms with E-state index in [0.717, 1.165) is 62.6 Å². The van der Waals surface area contributed by atoms with Gasteiger partial charge in [0.05, 0.1) is 16.8 Å². The molecule has 2 N–H and O–H groups in total. The van der Waals surface area contributed by atoms with Crippen LogP contribution < -0.4 is 10.6 Å². The van der Waals surface area contributed by atoms with Crippen LogP contribution >= 0.6 is 11.6 Å². The summed E-state index contributed by atoms with van der Waals surface area (Å²) in [6.45, 7) is 4.01. The zero-order valence-corrected chi connectivity index (χ0v) is 19.2. The Hall–Kier alpha value is -2.06. The van der Waals surface area contributed by atoms with Crippen molar-refractivity contribution in [1.82, 2.24) is 15.3 Å². The zero-order chi connectivity index (χ0) is 22.3. The molecule has 4 rings (SSSR count). The lowest BCUT2D eigenvalue weighted by atomic mass is 9.91. The molecule has 0 spiro atoms. The van der Waals surface area contributed by atoms with E-state index >= 15 is 0 Å². The summed E-state index contributed by atoms with van der Waals surface area (Å²) in [5.74, 6) is 1.52. The minimum Gasteiger partial charge on any atom is -0.381 e. The third kappa shape index (κ3) is 6.04. The largest absolute Gasteiger partial charge is 0.381 e. The number of hydrogen-bond acceptors (Lipinski definition) is 7. The number of nitrogens with zero attached hydrogens (tertiary/aromatic N) is 2. The molecule has 172 valence electrons. The van der Waals surface area contributed by atoms with E-state index in [9.17, 15) is 4.79 Å². The maximum absolute atomic E-state index is 12.8. The van der Waals surface area contributed by atoms with E-state index in [1.54, 1.807) is 13.3 Å². The third-order valence-electron chi connectivity index (χ3n) is 6.30. The highest BCUT2D eigenvalue weighted by Crippen LogP contribution is 2.28. The molecule has 0 aliphatic carbocycles. The molecule has 0 unspecified atom stereocenters. The second-order valence-corrected chi connectivity index (χ2v) is 9.00. The van der Waals surface area contributed by atoms with E-state index in [0.29, 0.717) is 23.2 Å². The van der Waals surface area contributed by atoms with Gasteiger partial charge in [0.2, 0.25) is 0 Å². The first-order chi connectivity index (χ1) is 15.6. The number of ketones is 1. The van der Waals surface area contributed by atoms with Gasteiger partial charge in [-0.15, -0.1) is 0 Å². The second kappa shape index (κ2) is 11.2. The molecule has 2 aromatic heterocycles. The third-order valence-corrected chi connectivity index (χ3v) is 6.61. The van der Waals surface area contributed by atoms with Crippen molar-refractivity contribution < 1.29 is 14.3 Å². The molecule has 2 fully saturated rings. The molecule has 0 aromatic carbocycles. The van der Waals surface area contributed by atoms with Crippen LogP contribution in [0.25, 0.3) is 11.3 Å². The predicted octanol–water partition coefficient (Wildman–Crippen LogP) is 3.37. The molecule has 2 aromatic rings. The number of methoxy groups -OCH3 is 1. The van der Waals surface area contributed by atoms with Crippen LogP contribution in [0.15, 0.2) is 30.5 Å². The highest BCUT2D eigenvalue weighted by molar-refractivity contribution is 6.33. The van der Waals surface area contributed by atoms with Crippen molar-refractivity contribution in [3.63, 3.8) is 0 Å². The van der Waals surface area contributed by atoms with Gasteiger partial charge in [-0.3, -0.25) is 9.78 Å². The van der Waals surface area contributed by atoms with Gasteiger partial charge in [0.1, 0.15) is 11.6 Å². The highest BCUT2D eigenvalue weighted by Gasteiger charge is 2.27. The molecule has 0 bridgehead atoms. The lowest BCUT2D eigenvalue weighted by Crippen LogP contribution is -2.43. The van der Waals surface area contributed by atoms with Crippen LogP contribution in [-0.2, 0) is 20.7 Å². The van der Waals surface area contributed by atoms with Crippen molar-refractivity contribution in [1.29, 1.82) is 0 Å². The van der Waals surface area contributed by atoms with Crippen molar-refractivity contribution in [2.24, 2.45) is 11.8 Å². The van der Waals surface area contributed by atoms with Crippen molar-refractivity contribution >= 4 is 23.2 Å². The number of piperidine rings is 1. The van der Waals surface area contributed by atoms with E-state index in [1.807, 2.05) is 24.3 Å². The molecule has 4 heterocycles. The van der Waals surface area contributed by atoms with E-state index in [-0.39, 0.29) is 24.2 Å². The summed E-state index contributed by atoms with van der Waals surface area (Å²) in [6.07, 6.45) is 4.84. The van der Waals surface area contributed by atoms with Gasteiger partial charge in [0.15, 0.2) is 0 Å². The molecular formula is C24H31ClN4O3. The fourth-order valence-corrected chi connectivity index (χ4v) is 4.51. The van der Waals surface area contributed by atoms with Crippen LogP contribution in [0.4, 0.5) is 5.82 Å². The smallest absolute Gasteiger partial charge is 0.143 e. The molecule has 2 atom stereocenters. The first kappa shape index (κ1) is 23.1. The Balaban J connectivity index is 1.43. The number of aromatic nitrogens is 2. The average Bonchev–Trinajstić information content (AvgIpc) is 2.84. The Bertz CT molecular complexity index is 920. The minimum absolute atomic E-state index is 0.0644. The number of Topliss-reactive ketones (excluding diaryl/α,β-unsaturated/α-hetero) is 1. The van der Waals surface area contributed by atoms with Gasteiger partial charge in [-0.25, -0.2) is 4.98 Å². The molecule has 8 heteroatoms. The molecular weight excluding hydrogens is 428 g/mol. The Kier molecular flexibility index (Phi) is 8.08. The van der Waals surface area contributed by atoms with Gasteiger partial charge in [0, 0.05) is 69.8 Å². The van der Waals surface area contributed by atoms with Gasteiger partial charge >= 0.3 is 0 Å². The summed E-state index contributed by atoms with van der Waals surface area (Å²) in [6, 6.07) is 7.75. The topological polar surface area (TPSA) is 85.4 Å². The number of halogens is 1. The van der Waals surface area contributed by atoms with Gasteiger partial charge in [0.25, 0.3) is 0 Å². The second-order valence-electron chi connectivity index (χ2n) is 8.59. The van der Waals surface area contributed by atoms with E-state index < -0.39 is 0 Å². The van der Waals surface area contributed by atoms with Gasteiger partial charge in [-0.2, -0.15) is 0 Å². The SMILES string of the molecule is CO[C@H]1CNC[C@@H](C(=O)Cc2cc(-c3cccc(NCC4CCOCC4)n3)c(Cl)cn2)C1. The summed E-state index contributed by atoms with van der Waals surface area (Å²) >= 11 is 6.46. The average molecular weight is 459 g/mol. The number of carbonyl (C=O) groups is 1. The lowest BCUT2D eigenvalue weighted by Gasteiger charge is -2.28. The standard InChI is InChI=1S/C24H31ClN4O3/c1-31-19-9-17(13-26-14-19)23(30)11-18-10-20(21(25)15-27-18)22-3-2-4-24(29-22)28-12-16-5-7-32-8-6-16/h2-4,10,15-17,19,26H,5-9,11-14H2,1H3,(H,28,29)/t17-,19+/m0/s1. The molecule has 7 nitrogen and oxygen atoms in total. The fourth-order valence-electron chi connectivity index (χ4n) is 4.31.